The summed E-state index contributed by atoms with van der Waals surface area (Å²) in [4.78, 5) is 11.7. The van der Waals surface area contributed by atoms with Crippen LogP contribution in [0.2, 0.25) is 0 Å². The van der Waals surface area contributed by atoms with E-state index in [4.69, 9.17) is 4.42 Å². The second kappa shape index (κ2) is 5.26. The molecule has 0 bridgehead atoms. The number of furan rings is 1. The van der Waals surface area contributed by atoms with E-state index < -0.39 is 0 Å². The number of rotatable bonds is 3. The highest BCUT2D eigenvalue weighted by Gasteiger charge is 2.21. The minimum absolute atomic E-state index is 0.147. The van der Waals surface area contributed by atoms with Gasteiger partial charge in [0.25, 0.3) is 0 Å². The highest BCUT2D eigenvalue weighted by molar-refractivity contribution is 8.00. The fourth-order valence-electron chi connectivity index (χ4n) is 1.65. The average molecular weight is 225 g/mol. The van der Waals surface area contributed by atoms with E-state index in [1.807, 2.05) is 12.1 Å². The highest BCUT2D eigenvalue weighted by atomic mass is 32.2. The minimum Gasteiger partial charge on any atom is -0.467 e. The number of carbonyl (C=O) groups excluding carboxylic acids is 1. The predicted octanol–water partition coefficient (Wildman–Crippen LogP) is 2.18. The van der Waals surface area contributed by atoms with E-state index in [1.54, 1.807) is 18.0 Å². The van der Waals surface area contributed by atoms with Gasteiger partial charge in [-0.2, -0.15) is 0 Å². The van der Waals surface area contributed by atoms with E-state index in [2.05, 4.69) is 5.32 Å². The van der Waals surface area contributed by atoms with Crippen LogP contribution in [-0.4, -0.2) is 16.9 Å². The van der Waals surface area contributed by atoms with Crippen LogP contribution in [-0.2, 0) is 11.3 Å². The van der Waals surface area contributed by atoms with Crippen molar-refractivity contribution >= 4 is 17.7 Å². The first-order valence-corrected chi connectivity index (χ1v) is 6.33. The summed E-state index contributed by atoms with van der Waals surface area (Å²) in [5.74, 6) is 2.07. The molecule has 1 aromatic rings. The maximum atomic E-state index is 11.7. The van der Waals surface area contributed by atoms with Crippen LogP contribution < -0.4 is 5.32 Å². The molecule has 1 atom stereocenters. The third-order valence-electron chi connectivity index (χ3n) is 2.49. The van der Waals surface area contributed by atoms with Crippen molar-refractivity contribution in [3.63, 3.8) is 0 Å². The Morgan fingerprint density at radius 2 is 2.53 bits per heavy atom. The molecule has 82 valence electrons. The normalized spacial score (nSPS) is 21.2. The van der Waals surface area contributed by atoms with Gasteiger partial charge in [-0.25, -0.2) is 0 Å². The summed E-state index contributed by atoms with van der Waals surface area (Å²) in [6.07, 6.45) is 5.05. The number of nitrogens with one attached hydrogen (secondary N) is 1. The molecule has 15 heavy (non-hydrogen) atoms. The van der Waals surface area contributed by atoms with Crippen molar-refractivity contribution < 1.29 is 9.21 Å². The van der Waals surface area contributed by atoms with Gasteiger partial charge < -0.3 is 9.73 Å². The van der Waals surface area contributed by atoms with E-state index in [-0.39, 0.29) is 11.2 Å². The second-order valence-corrected chi connectivity index (χ2v) is 4.96. The van der Waals surface area contributed by atoms with Crippen molar-refractivity contribution in [1.29, 1.82) is 0 Å². The molecular formula is C11H15NO2S. The molecule has 0 aromatic carbocycles. The zero-order chi connectivity index (χ0) is 10.5. The summed E-state index contributed by atoms with van der Waals surface area (Å²) < 4.78 is 5.15. The van der Waals surface area contributed by atoms with E-state index >= 15 is 0 Å². The summed E-state index contributed by atoms with van der Waals surface area (Å²) in [5, 5.41) is 3.05. The summed E-state index contributed by atoms with van der Waals surface area (Å²) in [6.45, 7) is 0.503. The van der Waals surface area contributed by atoms with E-state index in [0.717, 1.165) is 17.9 Å². The lowest BCUT2D eigenvalue weighted by molar-refractivity contribution is -0.121. The molecule has 1 aliphatic rings. The summed E-state index contributed by atoms with van der Waals surface area (Å²) >= 11 is 1.77. The van der Waals surface area contributed by atoms with Gasteiger partial charge in [-0.15, -0.1) is 11.8 Å². The SMILES string of the molecule is O=C(NCc1ccco1)C1CCCCS1. The molecule has 0 radical (unpaired) electrons. The van der Waals surface area contributed by atoms with Gasteiger partial charge in [0.15, 0.2) is 0 Å². The number of hydrogen-bond acceptors (Lipinski definition) is 3. The Morgan fingerprint density at radius 3 is 3.20 bits per heavy atom. The third kappa shape index (κ3) is 3.02. The molecule has 1 N–H and O–H groups in total. The first-order valence-electron chi connectivity index (χ1n) is 5.28. The number of amides is 1. The Hall–Kier alpha value is -0.900. The predicted molar refractivity (Wildman–Crippen MR) is 60.7 cm³/mol. The van der Waals surface area contributed by atoms with E-state index in [9.17, 15) is 4.79 Å². The van der Waals surface area contributed by atoms with Gasteiger partial charge in [0.05, 0.1) is 18.1 Å². The molecule has 0 aliphatic carbocycles. The molecule has 3 nitrogen and oxygen atoms in total. The molecule has 1 saturated heterocycles. The van der Waals surface area contributed by atoms with Crippen LogP contribution >= 0.6 is 11.8 Å². The summed E-state index contributed by atoms with van der Waals surface area (Å²) in [5.41, 5.74) is 0. The van der Waals surface area contributed by atoms with Gasteiger partial charge >= 0.3 is 0 Å². The topological polar surface area (TPSA) is 42.2 Å². The fourth-order valence-corrected chi connectivity index (χ4v) is 2.87. The van der Waals surface area contributed by atoms with Crippen molar-refractivity contribution in [2.45, 2.75) is 31.1 Å². The molecule has 0 saturated carbocycles. The molecule has 2 heterocycles. The van der Waals surface area contributed by atoms with Crippen LogP contribution in [0.5, 0.6) is 0 Å². The van der Waals surface area contributed by atoms with Crippen LogP contribution in [0.3, 0.4) is 0 Å². The van der Waals surface area contributed by atoms with Gasteiger partial charge in [-0.1, -0.05) is 6.42 Å². The molecule has 1 unspecified atom stereocenters. The van der Waals surface area contributed by atoms with Crippen LogP contribution in [0.25, 0.3) is 0 Å². The molecule has 1 amide bonds. The average Bonchev–Trinajstić information content (AvgIpc) is 2.80. The van der Waals surface area contributed by atoms with Crippen LogP contribution in [0.1, 0.15) is 25.0 Å². The molecular weight excluding hydrogens is 210 g/mol. The lowest BCUT2D eigenvalue weighted by atomic mass is 10.2. The molecule has 0 spiro atoms. The van der Waals surface area contributed by atoms with Gasteiger partial charge in [0.2, 0.25) is 5.91 Å². The summed E-state index contributed by atoms with van der Waals surface area (Å²) in [6, 6.07) is 3.70. The van der Waals surface area contributed by atoms with Gasteiger partial charge in [-0.05, 0) is 30.7 Å². The van der Waals surface area contributed by atoms with Gasteiger partial charge in [0.1, 0.15) is 5.76 Å². The largest absolute Gasteiger partial charge is 0.467 e. The maximum Gasteiger partial charge on any atom is 0.233 e. The Labute approximate surface area is 93.6 Å². The first-order chi connectivity index (χ1) is 7.36. The van der Waals surface area contributed by atoms with Crippen molar-refractivity contribution in [2.75, 3.05) is 5.75 Å². The highest BCUT2D eigenvalue weighted by Crippen LogP contribution is 2.24. The van der Waals surface area contributed by atoms with Crippen LogP contribution in [0.4, 0.5) is 0 Å². The fraction of sp³-hybridized carbons (Fsp3) is 0.545. The number of carbonyl (C=O) groups is 1. The molecule has 1 aliphatic heterocycles. The van der Waals surface area contributed by atoms with Crippen molar-refractivity contribution in [2.24, 2.45) is 0 Å². The zero-order valence-corrected chi connectivity index (χ0v) is 9.39. The molecule has 1 aromatic heterocycles. The number of thioether (sulfide) groups is 1. The van der Waals surface area contributed by atoms with Crippen molar-refractivity contribution in [1.82, 2.24) is 5.32 Å². The van der Waals surface area contributed by atoms with Gasteiger partial charge in [0, 0.05) is 0 Å². The quantitative estimate of drug-likeness (QED) is 0.857. The molecule has 1 fully saturated rings. The monoisotopic (exact) mass is 225 g/mol. The zero-order valence-electron chi connectivity index (χ0n) is 8.57. The third-order valence-corrected chi connectivity index (χ3v) is 3.87. The summed E-state index contributed by atoms with van der Waals surface area (Å²) in [7, 11) is 0. The minimum atomic E-state index is 0.147. The second-order valence-electron chi connectivity index (χ2n) is 3.65. The lowest BCUT2D eigenvalue weighted by Gasteiger charge is -2.19. The Kier molecular flexibility index (Phi) is 3.72. The lowest BCUT2D eigenvalue weighted by Crippen LogP contribution is -2.33. The van der Waals surface area contributed by atoms with Crippen LogP contribution in [0, 0.1) is 0 Å². The Balaban J connectivity index is 1.76. The Morgan fingerprint density at radius 1 is 1.60 bits per heavy atom. The van der Waals surface area contributed by atoms with Crippen molar-refractivity contribution in [3.05, 3.63) is 24.2 Å². The smallest absolute Gasteiger partial charge is 0.233 e. The maximum absolute atomic E-state index is 11.7. The molecule has 4 heteroatoms. The van der Waals surface area contributed by atoms with E-state index in [1.165, 1.54) is 12.8 Å². The molecule has 2 rings (SSSR count). The van der Waals surface area contributed by atoms with Crippen LogP contribution in [0.15, 0.2) is 22.8 Å². The van der Waals surface area contributed by atoms with Gasteiger partial charge in [-0.3, -0.25) is 4.79 Å². The van der Waals surface area contributed by atoms with Crippen molar-refractivity contribution in [3.8, 4) is 0 Å². The Bertz CT molecular complexity index is 304. The standard InChI is InChI=1S/C11H15NO2S/c13-11(10-5-1-2-7-15-10)12-8-9-4-3-6-14-9/h3-4,6,10H,1-2,5,7-8H2,(H,12,13). The number of hydrogen-bond donors (Lipinski definition) is 1. The van der Waals surface area contributed by atoms with E-state index in [0.29, 0.717) is 6.54 Å². The first kappa shape index (κ1) is 10.6.